The second-order valence-electron chi connectivity index (χ2n) is 6.44. The van der Waals surface area contributed by atoms with Gasteiger partial charge in [-0.15, -0.1) is 11.3 Å². The second kappa shape index (κ2) is 5.14. The fourth-order valence-corrected chi connectivity index (χ4v) is 4.39. The summed E-state index contributed by atoms with van der Waals surface area (Å²) in [5.74, 6) is 0. The van der Waals surface area contributed by atoms with Gasteiger partial charge < -0.3 is 4.42 Å². The van der Waals surface area contributed by atoms with Gasteiger partial charge in [0.05, 0.1) is 10.4 Å². The van der Waals surface area contributed by atoms with Gasteiger partial charge in [0.2, 0.25) is 5.71 Å². The van der Waals surface area contributed by atoms with E-state index >= 15 is 0 Å². The molecular formula is C21H16N2OS. The molecular weight excluding hydrogens is 328 g/mol. The van der Waals surface area contributed by atoms with E-state index in [1.807, 2.05) is 19.2 Å². The molecule has 122 valence electrons. The lowest BCUT2D eigenvalue weighted by Crippen LogP contribution is -1.84. The van der Waals surface area contributed by atoms with E-state index < -0.39 is 0 Å². The Balaban J connectivity index is 1.83. The lowest BCUT2D eigenvalue weighted by molar-refractivity contribution is 0.653. The van der Waals surface area contributed by atoms with Crippen molar-refractivity contribution in [1.82, 2.24) is 9.97 Å². The van der Waals surface area contributed by atoms with Crippen LogP contribution in [0, 0.1) is 20.8 Å². The minimum absolute atomic E-state index is 0.686. The number of hydrogen-bond acceptors (Lipinski definition) is 4. The number of nitrogens with zero attached hydrogens (tertiary/aromatic N) is 2. The Morgan fingerprint density at radius 3 is 2.72 bits per heavy atom. The SMILES string of the molecule is Cc1ccc2c(n1)oc1c(-c3cc4c(C)c(C)sc4cn3)cccc12. The number of rotatable bonds is 1. The lowest BCUT2D eigenvalue weighted by atomic mass is 10.0. The van der Waals surface area contributed by atoms with Gasteiger partial charge in [-0.05, 0) is 56.0 Å². The highest BCUT2D eigenvalue weighted by atomic mass is 32.1. The molecule has 0 bridgehead atoms. The topological polar surface area (TPSA) is 38.9 Å². The molecule has 0 saturated heterocycles. The van der Waals surface area contributed by atoms with Gasteiger partial charge in [0.1, 0.15) is 5.58 Å². The minimum Gasteiger partial charge on any atom is -0.437 e. The number of furan rings is 1. The summed E-state index contributed by atoms with van der Waals surface area (Å²) in [5.41, 5.74) is 5.78. The molecule has 3 nitrogen and oxygen atoms in total. The summed E-state index contributed by atoms with van der Waals surface area (Å²) in [6.07, 6.45) is 1.97. The van der Waals surface area contributed by atoms with E-state index in [9.17, 15) is 0 Å². The summed E-state index contributed by atoms with van der Waals surface area (Å²) in [5, 5.41) is 3.40. The first-order valence-electron chi connectivity index (χ1n) is 8.27. The van der Waals surface area contributed by atoms with Crippen LogP contribution in [0.5, 0.6) is 0 Å². The Morgan fingerprint density at radius 1 is 0.960 bits per heavy atom. The molecule has 4 heteroatoms. The summed E-state index contributed by atoms with van der Waals surface area (Å²) >= 11 is 1.80. The Bertz CT molecular complexity index is 1280. The molecule has 25 heavy (non-hydrogen) atoms. The van der Waals surface area contributed by atoms with Gasteiger partial charge in [-0.2, -0.15) is 0 Å². The standard InChI is InChI=1S/C21H16N2OS/c1-11-7-8-15-14-5-4-6-16(20(14)24-21(15)23-11)18-9-17-12(2)13(3)25-19(17)10-22-18/h4-10H,1-3H3. The predicted molar refractivity (Wildman–Crippen MR) is 104 cm³/mol. The monoisotopic (exact) mass is 344 g/mol. The van der Waals surface area contributed by atoms with Crippen molar-refractivity contribution in [2.75, 3.05) is 0 Å². The molecule has 0 fully saturated rings. The number of aromatic nitrogens is 2. The average molecular weight is 344 g/mol. The number of para-hydroxylation sites is 1. The average Bonchev–Trinajstić information content (AvgIpc) is 3.11. The van der Waals surface area contributed by atoms with Crippen LogP contribution in [0.15, 0.2) is 47.0 Å². The zero-order valence-electron chi connectivity index (χ0n) is 14.3. The largest absolute Gasteiger partial charge is 0.437 e. The van der Waals surface area contributed by atoms with Crippen molar-refractivity contribution in [3.8, 4) is 11.3 Å². The minimum atomic E-state index is 0.686. The predicted octanol–water partition coefficient (Wildman–Crippen LogP) is 6.18. The van der Waals surface area contributed by atoms with E-state index in [1.165, 1.54) is 20.5 Å². The van der Waals surface area contributed by atoms with Crippen molar-refractivity contribution in [2.45, 2.75) is 20.8 Å². The number of thiophene rings is 1. The molecule has 5 rings (SSSR count). The summed E-state index contributed by atoms with van der Waals surface area (Å²) in [6, 6.07) is 12.5. The highest BCUT2D eigenvalue weighted by Gasteiger charge is 2.15. The van der Waals surface area contributed by atoms with Crippen molar-refractivity contribution in [3.05, 3.63) is 58.7 Å². The lowest BCUT2D eigenvalue weighted by Gasteiger charge is -2.02. The first kappa shape index (κ1) is 14.6. The zero-order chi connectivity index (χ0) is 17.1. The first-order valence-corrected chi connectivity index (χ1v) is 9.08. The van der Waals surface area contributed by atoms with Crippen molar-refractivity contribution >= 4 is 43.5 Å². The molecule has 0 unspecified atom stereocenters. The van der Waals surface area contributed by atoms with Crippen molar-refractivity contribution in [2.24, 2.45) is 0 Å². The summed E-state index contributed by atoms with van der Waals surface area (Å²) in [6.45, 7) is 6.31. The highest BCUT2D eigenvalue weighted by Crippen LogP contribution is 2.37. The van der Waals surface area contributed by atoms with E-state index in [0.29, 0.717) is 5.71 Å². The Labute approximate surface area is 149 Å². The molecule has 0 radical (unpaired) electrons. The van der Waals surface area contributed by atoms with E-state index in [1.54, 1.807) is 11.3 Å². The van der Waals surface area contributed by atoms with Crippen molar-refractivity contribution < 1.29 is 4.42 Å². The number of fused-ring (bicyclic) bond motifs is 4. The van der Waals surface area contributed by atoms with Crippen molar-refractivity contribution in [1.29, 1.82) is 0 Å². The van der Waals surface area contributed by atoms with Crippen molar-refractivity contribution in [3.63, 3.8) is 0 Å². The van der Waals surface area contributed by atoms with Gasteiger partial charge in [-0.3, -0.25) is 4.98 Å². The molecule has 0 N–H and O–H groups in total. The molecule has 5 aromatic rings. The molecule has 1 aromatic carbocycles. The van der Waals surface area contributed by atoms with Crippen LogP contribution in [0.25, 0.3) is 43.4 Å². The van der Waals surface area contributed by atoms with Gasteiger partial charge in [0, 0.05) is 33.1 Å². The van der Waals surface area contributed by atoms with Crippen LogP contribution in [0.4, 0.5) is 0 Å². The number of hydrogen-bond donors (Lipinski definition) is 0. The van der Waals surface area contributed by atoms with Crippen LogP contribution in [0.2, 0.25) is 0 Å². The maximum Gasteiger partial charge on any atom is 0.227 e. The Hall–Kier alpha value is -2.72. The van der Waals surface area contributed by atoms with Gasteiger partial charge in [0.15, 0.2) is 0 Å². The molecule has 0 saturated carbocycles. The smallest absolute Gasteiger partial charge is 0.227 e. The van der Waals surface area contributed by atoms with Gasteiger partial charge in [-0.1, -0.05) is 12.1 Å². The third kappa shape index (κ3) is 2.11. The van der Waals surface area contributed by atoms with Crippen LogP contribution >= 0.6 is 11.3 Å². The molecule has 0 atom stereocenters. The van der Waals surface area contributed by atoms with Crippen LogP contribution in [0.1, 0.15) is 16.1 Å². The number of pyridine rings is 2. The summed E-state index contributed by atoms with van der Waals surface area (Å²) < 4.78 is 7.35. The molecule has 4 heterocycles. The Kier molecular flexibility index (Phi) is 3.00. The van der Waals surface area contributed by atoms with E-state index in [4.69, 9.17) is 9.40 Å². The molecule has 0 spiro atoms. The number of benzene rings is 1. The summed E-state index contributed by atoms with van der Waals surface area (Å²) in [4.78, 5) is 10.6. The number of aryl methyl sites for hydroxylation is 3. The molecule has 0 aliphatic heterocycles. The maximum atomic E-state index is 6.12. The van der Waals surface area contributed by atoms with Gasteiger partial charge in [0.25, 0.3) is 0 Å². The maximum absolute atomic E-state index is 6.12. The second-order valence-corrected chi connectivity index (χ2v) is 7.69. The third-order valence-electron chi connectivity index (χ3n) is 4.84. The van der Waals surface area contributed by atoms with E-state index in [2.05, 4.69) is 49.2 Å². The highest BCUT2D eigenvalue weighted by molar-refractivity contribution is 7.19. The van der Waals surface area contributed by atoms with Crippen LogP contribution in [0.3, 0.4) is 0 Å². The molecule has 4 aromatic heterocycles. The first-order chi connectivity index (χ1) is 12.1. The van der Waals surface area contributed by atoms with Crippen LogP contribution < -0.4 is 0 Å². The molecule has 0 aliphatic carbocycles. The molecule has 0 aliphatic rings. The normalized spacial score (nSPS) is 11.8. The Morgan fingerprint density at radius 2 is 1.84 bits per heavy atom. The zero-order valence-corrected chi connectivity index (χ0v) is 15.1. The quantitative estimate of drug-likeness (QED) is 0.364. The molecule has 0 amide bonds. The fraction of sp³-hybridized carbons (Fsp3) is 0.143. The third-order valence-corrected chi connectivity index (χ3v) is 6.00. The summed E-state index contributed by atoms with van der Waals surface area (Å²) in [7, 11) is 0. The van der Waals surface area contributed by atoms with Crippen LogP contribution in [-0.2, 0) is 0 Å². The fourth-order valence-electron chi connectivity index (χ4n) is 3.37. The van der Waals surface area contributed by atoms with E-state index in [-0.39, 0.29) is 0 Å². The van der Waals surface area contributed by atoms with Gasteiger partial charge >= 0.3 is 0 Å². The van der Waals surface area contributed by atoms with Crippen LogP contribution in [-0.4, -0.2) is 9.97 Å². The van der Waals surface area contributed by atoms with Gasteiger partial charge in [-0.25, -0.2) is 4.98 Å². The van der Waals surface area contributed by atoms with E-state index in [0.717, 1.165) is 33.3 Å².